The van der Waals surface area contributed by atoms with Crippen molar-refractivity contribution in [2.75, 3.05) is 5.32 Å². The molecule has 0 aliphatic heterocycles. The third-order valence-electron chi connectivity index (χ3n) is 2.53. The number of carboxylic acids is 1. The van der Waals surface area contributed by atoms with Crippen LogP contribution < -0.4 is 5.32 Å². The number of aryl methyl sites for hydroxylation is 1. The second-order valence-electron chi connectivity index (χ2n) is 4.76. The second kappa shape index (κ2) is 5.12. The molecule has 0 amide bonds. The Hall–Kier alpha value is -1.65. The summed E-state index contributed by atoms with van der Waals surface area (Å²) in [6.45, 7) is 7.92. The van der Waals surface area contributed by atoms with Gasteiger partial charge in [0.25, 0.3) is 0 Å². The molecular formula is C12H19N3O2. The number of hydrogen-bond donors (Lipinski definition) is 2. The Morgan fingerprint density at radius 2 is 2.18 bits per heavy atom. The average Bonchev–Trinajstić information content (AvgIpc) is 2.15. The zero-order valence-electron chi connectivity index (χ0n) is 10.7. The van der Waals surface area contributed by atoms with E-state index >= 15 is 0 Å². The van der Waals surface area contributed by atoms with Gasteiger partial charge in [-0.05, 0) is 27.2 Å². The van der Waals surface area contributed by atoms with Crippen molar-refractivity contribution >= 4 is 11.9 Å². The fourth-order valence-corrected chi connectivity index (χ4v) is 1.73. The molecule has 0 radical (unpaired) electrons. The molecule has 1 heterocycles. The number of hydrogen-bond acceptors (Lipinski definition) is 4. The molecule has 0 aromatic carbocycles. The number of nitrogens with one attached hydrogen (secondary N) is 1. The molecule has 0 bridgehead atoms. The van der Waals surface area contributed by atoms with Crippen molar-refractivity contribution in [3.63, 3.8) is 0 Å². The quantitative estimate of drug-likeness (QED) is 0.822. The predicted molar refractivity (Wildman–Crippen MR) is 66.3 cm³/mol. The molecule has 0 unspecified atom stereocenters. The summed E-state index contributed by atoms with van der Waals surface area (Å²) in [6.07, 6.45) is 3.40. The summed E-state index contributed by atoms with van der Waals surface area (Å²) in [5.74, 6) is -0.521. The topological polar surface area (TPSA) is 75.1 Å². The van der Waals surface area contributed by atoms with Crippen molar-refractivity contribution < 1.29 is 9.90 Å². The van der Waals surface area contributed by atoms with Gasteiger partial charge in [0.15, 0.2) is 0 Å². The van der Waals surface area contributed by atoms with Crippen molar-refractivity contribution in [2.45, 2.75) is 46.1 Å². The maximum atomic E-state index is 10.8. The van der Waals surface area contributed by atoms with Crippen molar-refractivity contribution in [3.05, 3.63) is 17.5 Å². The molecule has 1 rings (SSSR count). The summed E-state index contributed by atoms with van der Waals surface area (Å²) in [4.78, 5) is 19.0. The third kappa shape index (κ3) is 3.69. The molecule has 1 aromatic rings. The van der Waals surface area contributed by atoms with E-state index in [0.717, 1.165) is 12.8 Å². The molecule has 0 saturated heterocycles. The van der Waals surface area contributed by atoms with Gasteiger partial charge in [0.2, 0.25) is 5.95 Å². The van der Waals surface area contributed by atoms with Gasteiger partial charge in [-0.15, -0.1) is 0 Å². The molecule has 5 nitrogen and oxygen atoms in total. The standard InChI is InChI=1S/C12H19N3O2/c1-5-6-12(3,4)15-11-13-7-9(10(16)17)8(2)14-11/h7H,5-6H2,1-4H3,(H,16,17)(H,13,14,15). The van der Waals surface area contributed by atoms with Crippen LogP contribution >= 0.6 is 0 Å². The summed E-state index contributed by atoms with van der Waals surface area (Å²) >= 11 is 0. The van der Waals surface area contributed by atoms with Crippen LogP contribution in [-0.4, -0.2) is 26.6 Å². The lowest BCUT2D eigenvalue weighted by Crippen LogP contribution is -2.31. The first-order valence-electron chi connectivity index (χ1n) is 5.71. The summed E-state index contributed by atoms with van der Waals surface area (Å²) in [6, 6.07) is 0. The zero-order valence-corrected chi connectivity index (χ0v) is 10.7. The Kier molecular flexibility index (Phi) is 4.04. The lowest BCUT2D eigenvalue weighted by molar-refractivity contribution is 0.0695. The maximum Gasteiger partial charge on any atom is 0.339 e. The number of carboxylic acid groups (broad SMARTS) is 1. The van der Waals surface area contributed by atoms with E-state index in [2.05, 4.69) is 36.1 Å². The van der Waals surface area contributed by atoms with Gasteiger partial charge < -0.3 is 10.4 Å². The Bertz CT molecular complexity index is 416. The lowest BCUT2D eigenvalue weighted by Gasteiger charge is -2.25. The maximum absolute atomic E-state index is 10.8. The second-order valence-corrected chi connectivity index (χ2v) is 4.76. The fraction of sp³-hybridized carbons (Fsp3) is 0.583. The van der Waals surface area contributed by atoms with Crippen molar-refractivity contribution in [3.8, 4) is 0 Å². The van der Waals surface area contributed by atoms with E-state index in [-0.39, 0.29) is 11.1 Å². The Morgan fingerprint density at radius 3 is 2.65 bits per heavy atom. The van der Waals surface area contributed by atoms with E-state index in [1.807, 2.05) is 0 Å². The smallest absolute Gasteiger partial charge is 0.339 e. The third-order valence-corrected chi connectivity index (χ3v) is 2.53. The van der Waals surface area contributed by atoms with Gasteiger partial charge in [0, 0.05) is 11.7 Å². The van der Waals surface area contributed by atoms with Crippen molar-refractivity contribution in [1.82, 2.24) is 9.97 Å². The molecule has 0 aliphatic rings. The minimum atomic E-state index is -0.998. The van der Waals surface area contributed by atoms with Crippen LogP contribution in [0.1, 0.15) is 49.7 Å². The van der Waals surface area contributed by atoms with Crippen molar-refractivity contribution in [1.29, 1.82) is 0 Å². The summed E-state index contributed by atoms with van der Waals surface area (Å²) in [5, 5.41) is 12.1. The van der Waals surface area contributed by atoms with Gasteiger partial charge in [-0.25, -0.2) is 14.8 Å². The molecule has 0 saturated carbocycles. The molecule has 94 valence electrons. The van der Waals surface area contributed by atoms with E-state index in [1.165, 1.54) is 6.20 Å². The lowest BCUT2D eigenvalue weighted by atomic mass is 9.99. The molecular weight excluding hydrogens is 218 g/mol. The molecule has 0 spiro atoms. The van der Waals surface area contributed by atoms with Gasteiger partial charge in [0.1, 0.15) is 0 Å². The largest absolute Gasteiger partial charge is 0.478 e. The van der Waals surface area contributed by atoms with Crippen LogP contribution in [0.3, 0.4) is 0 Å². The van der Waals surface area contributed by atoms with Crippen LogP contribution in [0.2, 0.25) is 0 Å². The van der Waals surface area contributed by atoms with Gasteiger partial charge in [-0.2, -0.15) is 0 Å². The van der Waals surface area contributed by atoms with Gasteiger partial charge >= 0.3 is 5.97 Å². The Balaban J connectivity index is 2.88. The highest BCUT2D eigenvalue weighted by atomic mass is 16.4. The number of aromatic carboxylic acids is 1. The monoisotopic (exact) mass is 237 g/mol. The van der Waals surface area contributed by atoms with E-state index < -0.39 is 5.97 Å². The van der Waals surface area contributed by atoms with E-state index in [0.29, 0.717) is 11.6 Å². The number of carbonyl (C=O) groups is 1. The predicted octanol–water partition coefficient (Wildman–Crippen LogP) is 2.47. The Morgan fingerprint density at radius 1 is 1.53 bits per heavy atom. The minimum absolute atomic E-state index is 0.0913. The van der Waals surface area contributed by atoms with E-state index in [4.69, 9.17) is 5.11 Å². The van der Waals surface area contributed by atoms with Crippen LogP contribution in [0.15, 0.2) is 6.20 Å². The first-order chi connectivity index (χ1) is 7.85. The Labute approximate surface area is 101 Å². The first kappa shape index (κ1) is 13.4. The number of rotatable bonds is 5. The van der Waals surface area contributed by atoms with E-state index in [9.17, 15) is 4.79 Å². The SMILES string of the molecule is CCCC(C)(C)Nc1ncc(C(=O)O)c(C)n1. The highest BCUT2D eigenvalue weighted by Crippen LogP contribution is 2.17. The molecule has 17 heavy (non-hydrogen) atoms. The van der Waals surface area contributed by atoms with Crippen LogP contribution in [0.4, 0.5) is 5.95 Å². The normalized spacial score (nSPS) is 11.3. The molecule has 2 N–H and O–H groups in total. The van der Waals surface area contributed by atoms with Crippen LogP contribution in [0, 0.1) is 6.92 Å². The number of aromatic nitrogens is 2. The number of nitrogens with zero attached hydrogens (tertiary/aromatic N) is 2. The highest BCUT2D eigenvalue weighted by molar-refractivity contribution is 5.88. The van der Waals surface area contributed by atoms with Crippen LogP contribution in [0.25, 0.3) is 0 Å². The van der Waals surface area contributed by atoms with E-state index in [1.54, 1.807) is 6.92 Å². The average molecular weight is 237 g/mol. The summed E-state index contributed by atoms with van der Waals surface area (Å²) < 4.78 is 0. The molecule has 0 atom stereocenters. The van der Waals surface area contributed by atoms with Gasteiger partial charge in [-0.3, -0.25) is 0 Å². The highest BCUT2D eigenvalue weighted by Gasteiger charge is 2.18. The minimum Gasteiger partial charge on any atom is -0.478 e. The number of anilines is 1. The summed E-state index contributed by atoms with van der Waals surface area (Å²) in [5.41, 5.74) is 0.525. The van der Waals surface area contributed by atoms with Crippen molar-refractivity contribution in [2.24, 2.45) is 0 Å². The molecule has 0 fully saturated rings. The first-order valence-corrected chi connectivity index (χ1v) is 5.71. The molecule has 5 heteroatoms. The molecule has 0 aliphatic carbocycles. The summed E-state index contributed by atoms with van der Waals surface area (Å²) in [7, 11) is 0. The zero-order chi connectivity index (χ0) is 13.1. The van der Waals surface area contributed by atoms with Gasteiger partial charge in [-0.1, -0.05) is 13.3 Å². The van der Waals surface area contributed by atoms with Crippen LogP contribution in [-0.2, 0) is 0 Å². The molecule has 1 aromatic heterocycles. The fourth-order valence-electron chi connectivity index (χ4n) is 1.73. The van der Waals surface area contributed by atoms with Gasteiger partial charge in [0.05, 0.1) is 11.3 Å². The van der Waals surface area contributed by atoms with Crippen LogP contribution in [0.5, 0.6) is 0 Å².